The van der Waals surface area contributed by atoms with Gasteiger partial charge in [0.25, 0.3) is 0 Å². The maximum Gasteiger partial charge on any atom is 0.315 e. The summed E-state index contributed by atoms with van der Waals surface area (Å²) >= 11 is 0. The van der Waals surface area contributed by atoms with Gasteiger partial charge in [-0.15, -0.1) is 6.42 Å². The standard InChI is InChI=1S/C12H20N2O3/c1-5-12(3,4)14-11(17)13-8-9(2)6-7-10(15)16/h1,9H,6-8H2,2-4H3,(H,15,16)(H2,13,14,17). The Labute approximate surface area is 102 Å². The van der Waals surface area contributed by atoms with E-state index in [2.05, 4.69) is 16.6 Å². The topological polar surface area (TPSA) is 78.4 Å². The first-order valence-corrected chi connectivity index (χ1v) is 5.52. The molecule has 1 atom stereocenters. The Bertz CT molecular complexity index is 318. The average Bonchev–Trinajstić information content (AvgIpc) is 2.23. The fourth-order valence-electron chi connectivity index (χ4n) is 1.10. The summed E-state index contributed by atoms with van der Waals surface area (Å²) in [6.07, 6.45) is 5.88. The second-order valence-corrected chi connectivity index (χ2v) is 4.64. The van der Waals surface area contributed by atoms with Gasteiger partial charge in [-0.05, 0) is 26.2 Å². The van der Waals surface area contributed by atoms with Gasteiger partial charge in [-0.2, -0.15) is 0 Å². The third-order valence-corrected chi connectivity index (χ3v) is 2.25. The second-order valence-electron chi connectivity index (χ2n) is 4.64. The number of aliphatic carboxylic acids is 1. The van der Waals surface area contributed by atoms with Gasteiger partial charge in [-0.25, -0.2) is 4.79 Å². The lowest BCUT2D eigenvalue weighted by Gasteiger charge is -2.20. The quantitative estimate of drug-likeness (QED) is 0.610. The number of carbonyl (C=O) groups is 2. The van der Waals surface area contributed by atoms with Crippen molar-refractivity contribution in [3.05, 3.63) is 0 Å². The molecule has 0 saturated carbocycles. The van der Waals surface area contributed by atoms with Crippen molar-refractivity contribution in [1.29, 1.82) is 0 Å². The van der Waals surface area contributed by atoms with Gasteiger partial charge in [0.05, 0.1) is 5.54 Å². The zero-order valence-electron chi connectivity index (χ0n) is 10.5. The first kappa shape index (κ1) is 15.3. The molecule has 0 saturated heterocycles. The molecule has 17 heavy (non-hydrogen) atoms. The summed E-state index contributed by atoms with van der Waals surface area (Å²) in [5.74, 6) is 1.74. The third kappa shape index (κ3) is 8.14. The van der Waals surface area contributed by atoms with E-state index in [-0.39, 0.29) is 18.4 Å². The van der Waals surface area contributed by atoms with Gasteiger partial charge in [0.1, 0.15) is 0 Å². The van der Waals surface area contributed by atoms with Crippen LogP contribution in [0.1, 0.15) is 33.6 Å². The first-order chi connectivity index (χ1) is 7.76. The van der Waals surface area contributed by atoms with Crippen LogP contribution in [0.3, 0.4) is 0 Å². The van der Waals surface area contributed by atoms with Crippen LogP contribution < -0.4 is 10.6 Å². The SMILES string of the molecule is C#CC(C)(C)NC(=O)NCC(C)CCC(=O)O. The fourth-order valence-corrected chi connectivity index (χ4v) is 1.10. The zero-order chi connectivity index (χ0) is 13.5. The van der Waals surface area contributed by atoms with Gasteiger partial charge in [-0.1, -0.05) is 12.8 Å². The molecule has 0 aromatic heterocycles. The van der Waals surface area contributed by atoms with Crippen molar-refractivity contribution >= 4 is 12.0 Å². The Morgan fingerprint density at radius 3 is 2.53 bits per heavy atom. The van der Waals surface area contributed by atoms with E-state index in [1.807, 2.05) is 6.92 Å². The number of terminal acetylenes is 1. The van der Waals surface area contributed by atoms with E-state index in [9.17, 15) is 9.59 Å². The molecule has 0 aliphatic rings. The van der Waals surface area contributed by atoms with E-state index in [0.717, 1.165) is 0 Å². The van der Waals surface area contributed by atoms with E-state index in [1.165, 1.54) is 0 Å². The third-order valence-electron chi connectivity index (χ3n) is 2.25. The zero-order valence-corrected chi connectivity index (χ0v) is 10.5. The molecule has 2 amide bonds. The number of rotatable bonds is 6. The lowest BCUT2D eigenvalue weighted by Crippen LogP contribution is -2.48. The maximum atomic E-state index is 11.4. The van der Waals surface area contributed by atoms with Crippen LogP contribution in [0.25, 0.3) is 0 Å². The number of urea groups is 1. The monoisotopic (exact) mass is 240 g/mol. The predicted molar refractivity (Wildman–Crippen MR) is 65.5 cm³/mol. The molecule has 5 nitrogen and oxygen atoms in total. The number of hydrogen-bond acceptors (Lipinski definition) is 2. The van der Waals surface area contributed by atoms with Crippen molar-refractivity contribution in [3.8, 4) is 12.3 Å². The molecule has 5 heteroatoms. The highest BCUT2D eigenvalue weighted by Gasteiger charge is 2.16. The van der Waals surface area contributed by atoms with Gasteiger partial charge < -0.3 is 15.7 Å². The molecular formula is C12H20N2O3. The van der Waals surface area contributed by atoms with E-state index in [0.29, 0.717) is 13.0 Å². The van der Waals surface area contributed by atoms with Crippen LogP contribution in [0.2, 0.25) is 0 Å². The number of hydrogen-bond donors (Lipinski definition) is 3. The molecule has 1 unspecified atom stereocenters. The van der Waals surface area contributed by atoms with Gasteiger partial charge in [0.2, 0.25) is 0 Å². The van der Waals surface area contributed by atoms with Gasteiger partial charge in [0.15, 0.2) is 0 Å². The van der Waals surface area contributed by atoms with Crippen LogP contribution in [0, 0.1) is 18.3 Å². The van der Waals surface area contributed by atoms with E-state index in [1.54, 1.807) is 13.8 Å². The maximum absolute atomic E-state index is 11.4. The number of carbonyl (C=O) groups excluding carboxylic acids is 1. The van der Waals surface area contributed by atoms with Crippen molar-refractivity contribution in [2.45, 2.75) is 39.2 Å². The Kier molecular flexibility index (Phi) is 6.11. The largest absolute Gasteiger partial charge is 0.481 e. The molecule has 0 aliphatic carbocycles. The summed E-state index contributed by atoms with van der Waals surface area (Å²) < 4.78 is 0. The Morgan fingerprint density at radius 1 is 1.47 bits per heavy atom. The summed E-state index contributed by atoms with van der Waals surface area (Å²) in [6, 6.07) is -0.338. The summed E-state index contributed by atoms with van der Waals surface area (Å²) in [7, 11) is 0. The number of amides is 2. The molecule has 0 heterocycles. The van der Waals surface area contributed by atoms with Crippen molar-refractivity contribution in [2.75, 3.05) is 6.54 Å². The molecule has 0 spiro atoms. The fraction of sp³-hybridized carbons (Fsp3) is 0.667. The molecule has 0 radical (unpaired) electrons. The van der Waals surface area contributed by atoms with Gasteiger partial charge in [0, 0.05) is 13.0 Å². The number of carboxylic acid groups (broad SMARTS) is 1. The minimum atomic E-state index is -0.824. The molecule has 0 aromatic rings. The smallest absolute Gasteiger partial charge is 0.315 e. The number of nitrogens with one attached hydrogen (secondary N) is 2. The molecule has 96 valence electrons. The molecule has 0 bridgehead atoms. The van der Waals surface area contributed by atoms with Crippen LogP contribution in [0.4, 0.5) is 4.79 Å². The highest BCUT2D eigenvalue weighted by atomic mass is 16.4. The normalized spacial score (nSPS) is 12.4. The Hall–Kier alpha value is -1.70. The Morgan fingerprint density at radius 2 is 2.06 bits per heavy atom. The van der Waals surface area contributed by atoms with Crippen molar-refractivity contribution in [2.24, 2.45) is 5.92 Å². The van der Waals surface area contributed by atoms with Crippen molar-refractivity contribution < 1.29 is 14.7 Å². The molecule has 3 N–H and O–H groups in total. The van der Waals surface area contributed by atoms with Crippen LogP contribution >= 0.6 is 0 Å². The summed E-state index contributed by atoms with van der Waals surface area (Å²) in [6.45, 7) is 5.76. The highest BCUT2D eigenvalue weighted by Crippen LogP contribution is 2.04. The van der Waals surface area contributed by atoms with Gasteiger partial charge >= 0.3 is 12.0 Å². The van der Waals surface area contributed by atoms with E-state index in [4.69, 9.17) is 11.5 Å². The Balaban J connectivity index is 3.85. The van der Waals surface area contributed by atoms with E-state index < -0.39 is 11.5 Å². The predicted octanol–water partition coefficient (Wildman–Crippen LogP) is 1.20. The van der Waals surface area contributed by atoms with Gasteiger partial charge in [-0.3, -0.25) is 4.79 Å². The molecule has 0 fully saturated rings. The lowest BCUT2D eigenvalue weighted by molar-refractivity contribution is -0.137. The highest BCUT2D eigenvalue weighted by molar-refractivity contribution is 5.75. The van der Waals surface area contributed by atoms with Crippen LogP contribution in [0.5, 0.6) is 0 Å². The van der Waals surface area contributed by atoms with Crippen LogP contribution in [0.15, 0.2) is 0 Å². The van der Waals surface area contributed by atoms with Crippen molar-refractivity contribution in [3.63, 3.8) is 0 Å². The second kappa shape index (κ2) is 6.79. The molecule has 0 rings (SSSR count). The lowest BCUT2D eigenvalue weighted by atomic mass is 10.1. The molecule has 0 aliphatic heterocycles. The summed E-state index contributed by atoms with van der Waals surface area (Å²) in [5, 5.41) is 13.8. The molecule has 0 aromatic carbocycles. The van der Waals surface area contributed by atoms with Crippen LogP contribution in [-0.4, -0.2) is 29.2 Å². The summed E-state index contributed by atoms with van der Waals surface area (Å²) in [5.41, 5.74) is -0.686. The number of carboxylic acids is 1. The average molecular weight is 240 g/mol. The van der Waals surface area contributed by atoms with Crippen LogP contribution in [-0.2, 0) is 4.79 Å². The van der Waals surface area contributed by atoms with E-state index >= 15 is 0 Å². The first-order valence-electron chi connectivity index (χ1n) is 5.52. The minimum Gasteiger partial charge on any atom is -0.481 e. The van der Waals surface area contributed by atoms with Crippen molar-refractivity contribution in [1.82, 2.24) is 10.6 Å². The minimum absolute atomic E-state index is 0.111. The molecular weight excluding hydrogens is 220 g/mol. The summed E-state index contributed by atoms with van der Waals surface area (Å²) in [4.78, 5) is 21.8.